The number of carbonyl (C=O) groups is 1. The number of aromatic nitrogens is 2. The van der Waals surface area contributed by atoms with E-state index in [0.717, 1.165) is 11.1 Å². The predicted molar refractivity (Wildman–Crippen MR) is 97.5 cm³/mol. The van der Waals surface area contributed by atoms with Crippen LogP contribution in [-0.4, -0.2) is 22.2 Å². The summed E-state index contributed by atoms with van der Waals surface area (Å²) in [5.41, 5.74) is 1.94. The fourth-order valence-electron chi connectivity index (χ4n) is 2.48. The molecule has 1 amide bonds. The van der Waals surface area contributed by atoms with Crippen molar-refractivity contribution in [2.45, 2.75) is 32.9 Å². The molecule has 0 aliphatic rings. The number of ether oxygens (including phenoxy) is 1. The third-order valence-corrected chi connectivity index (χ3v) is 3.85. The van der Waals surface area contributed by atoms with Gasteiger partial charge in [-0.1, -0.05) is 54.5 Å². The van der Waals surface area contributed by atoms with Crippen molar-refractivity contribution in [2.75, 3.05) is 0 Å². The molecular weight excluding hydrogens is 330 g/mol. The zero-order chi connectivity index (χ0) is 18.4. The van der Waals surface area contributed by atoms with Gasteiger partial charge < -0.3 is 14.6 Å². The molecule has 0 aliphatic carbocycles. The summed E-state index contributed by atoms with van der Waals surface area (Å²) in [7, 11) is 0. The van der Waals surface area contributed by atoms with E-state index in [9.17, 15) is 4.79 Å². The largest absolute Gasteiger partial charge is 0.481 e. The van der Waals surface area contributed by atoms with E-state index < -0.39 is 6.10 Å². The van der Waals surface area contributed by atoms with Crippen LogP contribution in [0.1, 0.15) is 24.8 Å². The predicted octanol–water partition coefficient (Wildman–Crippen LogP) is 3.52. The van der Waals surface area contributed by atoms with Crippen LogP contribution < -0.4 is 10.1 Å². The van der Waals surface area contributed by atoms with E-state index in [2.05, 4.69) is 15.5 Å². The van der Waals surface area contributed by atoms with E-state index in [4.69, 9.17) is 9.26 Å². The van der Waals surface area contributed by atoms with Crippen molar-refractivity contribution in [1.29, 1.82) is 0 Å². The fraction of sp³-hybridized carbons (Fsp3) is 0.250. The molecule has 1 unspecified atom stereocenters. The molecule has 0 saturated carbocycles. The van der Waals surface area contributed by atoms with Gasteiger partial charge in [0.25, 0.3) is 5.91 Å². The molecule has 0 aliphatic heterocycles. The van der Waals surface area contributed by atoms with Crippen molar-refractivity contribution < 1.29 is 14.1 Å². The zero-order valence-corrected chi connectivity index (χ0v) is 14.8. The molecule has 1 aromatic heterocycles. The van der Waals surface area contributed by atoms with Crippen LogP contribution in [-0.2, 0) is 11.3 Å². The first-order valence-electron chi connectivity index (χ1n) is 8.54. The van der Waals surface area contributed by atoms with Crippen molar-refractivity contribution in [1.82, 2.24) is 15.5 Å². The second-order valence-electron chi connectivity index (χ2n) is 5.93. The van der Waals surface area contributed by atoms with Gasteiger partial charge in [0.2, 0.25) is 11.7 Å². The van der Waals surface area contributed by atoms with E-state index in [1.807, 2.05) is 68.4 Å². The van der Waals surface area contributed by atoms with Crippen LogP contribution in [0.25, 0.3) is 11.4 Å². The molecule has 2 aromatic carbocycles. The minimum Gasteiger partial charge on any atom is -0.481 e. The number of benzene rings is 2. The average molecular weight is 351 g/mol. The zero-order valence-electron chi connectivity index (χ0n) is 14.8. The van der Waals surface area contributed by atoms with Crippen LogP contribution in [0.15, 0.2) is 59.1 Å². The summed E-state index contributed by atoms with van der Waals surface area (Å²) >= 11 is 0. The SMILES string of the molecule is CCC(Oc1cccc(C)c1)C(=O)NCc1nc(-c2ccccc2)no1. The molecule has 6 heteroatoms. The lowest BCUT2D eigenvalue weighted by Gasteiger charge is -2.17. The van der Waals surface area contributed by atoms with Gasteiger partial charge >= 0.3 is 0 Å². The molecule has 3 rings (SSSR count). The molecular formula is C20H21N3O3. The molecule has 0 fully saturated rings. The lowest BCUT2D eigenvalue weighted by molar-refractivity contribution is -0.128. The number of carbonyl (C=O) groups excluding carboxylic acids is 1. The van der Waals surface area contributed by atoms with Crippen LogP contribution in [0.3, 0.4) is 0 Å². The van der Waals surface area contributed by atoms with Gasteiger partial charge in [0, 0.05) is 5.56 Å². The van der Waals surface area contributed by atoms with E-state index >= 15 is 0 Å². The highest BCUT2D eigenvalue weighted by atomic mass is 16.5. The summed E-state index contributed by atoms with van der Waals surface area (Å²) in [6.45, 7) is 4.04. The molecule has 26 heavy (non-hydrogen) atoms. The normalized spacial score (nSPS) is 11.8. The summed E-state index contributed by atoms with van der Waals surface area (Å²) in [6.07, 6.45) is -0.0212. The van der Waals surface area contributed by atoms with Gasteiger partial charge in [0.15, 0.2) is 6.10 Å². The number of amides is 1. The quantitative estimate of drug-likeness (QED) is 0.705. The number of aryl methyl sites for hydroxylation is 1. The third kappa shape index (κ3) is 4.47. The monoisotopic (exact) mass is 351 g/mol. The minimum atomic E-state index is -0.576. The average Bonchev–Trinajstić information content (AvgIpc) is 3.14. The lowest BCUT2D eigenvalue weighted by atomic mass is 10.2. The van der Waals surface area contributed by atoms with Gasteiger partial charge in [0.1, 0.15) is 5.75 Å². The van der Waals surface area contributed by atoms with Crippen molar-refractivity contribution >= 4 is 5.91 Å². The Balaban J connectivity index is 1.58. The van der Waals surface area contributed by atoms with Gasteiger partial charge in [-0.3, -0.25) is 4.79 Å². The summed E-state index contributed by atoms with van der Waals surface area (Å²) < 4.78 is 11.0. The maximum absolute atomic E-state index is 12.4. The summed E-state index contributed by atoms with van der Waals surface area (Å²) in [4.78, 5) is 16.7. The number of nitrogens with zero attached hydrogens (tertiary/aromatic N) is 2. The first-order valence-corrected chi connectivity index (χ1v) is 8.54. The van der Waals surface area contributed by atoms with Crippen molar-refractivity contribution in [3.8, 4) is 17.1 Å². The highest BCUT2D eigenvalue weighted by Gasteiger charge is 2.19. The number of hydrogen-bond donors (Lipinski definition) is 1. The lowest BCUT2D eigenvalue weighted by Crippen LogP contribution is -2.37. The molecule has 3 aromatic rings. The first kappa shape index (κ1) is 17.7. The fourth-order valence-corrected chi connectivity index (χ4v) is 2.48. The summed E-state index contributed by atoms with van der Waals surface area (Å²) in [5.74, 6) is 1.31. The second-order valence-corrected chi connectivity index (χ2v) is 5.93. The standard InChI is InChI=1S/C20H21N3O3/c1-3-17(25-16-11-7-8-14(2)12-16)20(24)21-13-18-22-19(23-26-18)15-9-5-4-6-10-15/h4-12,17H,3,13H2,1-2H3,(H,21,24). The van der Waals surface area contributed by atoms with Crippen LogP contribution in [0.4, 0.5) is 0 Å². The van der Waals surface area contributed by atoms with Gasteiger partial charge in [-0.15, -0.1) is 0 Å². The van der Waals surface area contributed by atoms with Crippen LogP contribution in [0, 0.1) is 6.92 Å². The Kier molecular flexibility index (Phi) is 5.63. The van der Waals surface area contributed by atoms with E-state index in [-0.39, 0.29) is 12.5 Å². The molecule has 0 spiro atoms. The van der Waals surface area contributed by atoms with Crippen molar-refractivity contribution in [3.63, 3.8) is 0 Å². The Morgan fingerprint density at radius 1 is 1.19 bits per heavy atom. The first-order chi connectivity index (χ1) is 12.7. The molecule has 6 nitrogen and oxygen atoms in total. The number of rotatable bonds is 7. The molecule has 134 valence electrons. The highest BCUT2D eigenvalue weighted by Crippen LogP contribution is 2.16. The highest BCUT2D eigenvalue weighted by molar-refractivity contribution is 5.81. The second kappa shape index (κ2) is 8.29. The van der Waals surface area contributed by atoms with Gasteiger partial charge in [-0.05, 0) is 31.0 Å². The molecule has 1 atom stereocenters. The summed E-state index contributed by atoms with van der Waals surface area (Å²) in [5, 5.41) is 6.73. The Labute approximate surface area is 152 Å². The molecule has 0 saturated heterocycles. The van der Waals surface area contributed by atoms with E-state index in [0.29, 0.717) is 23.9 Å². The minimum absolute atomic E-state index is 0.159. The topological polar surface area (TPSA) is 77.2 Å². The van der Waals surface area contributed by atoms with E-state index in [1.54, 1.807) is 0 Å². The molecule has 0 bridgehead atoms. The Morgan fingerprint density at radius 3 is 2.73 bits per heavy atom. The maximum Gasteiger partial charge on any atom is 0.261 e. The number of hydrogen-bond acceptors (Lipinski definition) is 5. The molecule has 1 heterocycles. The Bertz CT molecular complexity index is 862. The van der Waals surface area contributed by atoms with Crippen LogP contribution in [0.5, 0.6) is 5.75 Å². The smallest absolute Gasteiger partial charge is 0.261 e. The maximum atomic E-state index is 12.4. The number of nitrogens with one attached hydrogen (secondary N) is 1. The van der Waals surface area contributed by atoms with Gasteiger partial charge in [0.05, 0.1) is 6.54 Å². The molecule has 1 N–H and O–H groups in total. The van der Waals surface area contributed by atoms with Crippen molar-refractivity contribution in [2.24, 2.45) is 0 Å². The summed E-state index contributed by atoms with van der Waals surface area (Å²) in [6, 6.07) is 17.2. The third-order valence-electron chi connectivity index (χ3n) is 3.85. The van der Waals surface area contributed by atoms with Gasteiger partial charge in [-0.25, -0.2) is 0 Å². The molecule has 0 radical (unpaired) electrons. The van der Waals surface area contributed by atoms with E-state index in [1.165, 1.54) is 0 Å². The van der Waals surface area contributed by atoms with Crippen LogP contribution in [0.2, 0.25) is 0 Å². The Hall–Kier alpha value is -3.15. The van der Waals surface area contributed by atoms with Crippen molar-refractivity contribution in [3.05, 3.63) is 66.1 Å². The Morgan fingerprint density at radius 2 is 2.00 bits per heavy atom. The van der Waals surface area contributed by atoms with Gasteiger partial charge in [-0.2, -0.15) is 4.98 Å². The van der Waals surface area contributed by atoms with Crippen LogP contribution >= 0.6 is 0 Å².